The molecule has 0 fully saturated rings. The van der Waals surface area contributed by atoms with Gasteiger partial charge in [-0.2, -0.15) is 0 Å². The zero-order valence-electron chi connectivity index (χ0n) is 7.41. The summed E-state index contributed by atoms with van der Waals surface area (Å²) >= 11 is 0. The molecule has 0 aromatic carbocycles. The van der Waals surface area contributed by atoms with Crippen molar-refractivity contribution in [3.63, 3.8) is 0 Å². The van der Waals surface area contributed by atoms with Gasteiger partial charge in [-0.1, -0.05) is 33.8 Å². The summed E-state index contributed by atoms with van der Waals surface area (Å²) in [5.74, 6) is 0. The fourth-order valence-corrected chi connectivity index (χ4v) is 0.742. The summed E-state index contributed by atoms with van der Waals surface area (Å²) in [4.78, 5) is 0. The van der Waals surface area contributed by atoms with E-state index in [0.717, 1.165) is 6.42 Å². The minimum atomic E-state index is 0.493. The van der Waals surface area contributed by atoms with E-state index in [1.165, 1.54) is 12.8 Å². The molecule has 0 aromatic rings. The first kappa shape index (κ1) is 9.52. The number of allylic oxidation sites excluding steroid dienone is 1. The summed E-state index contributed by atoms with van der Waals surface area (Å²) in [6.45, 7) is 10.4. The van der Waals surface area contributed by atoms with Gasteiger partial charge in [0, 0.05) is 0 Å². The molecule has 0 saturated heterocycles. The van der Waals surface area contributed by atoms with Gasteiger partial charge < -0.3 is 0 Å². The maximum absolute atomic E-state index is 3.53. The van der Waals surface area contributed by atoms with Crippen molar-refractivity contribution < 1.29 is 0 Å². The van der Waals surface area contributed by atoms with Gasteiger partial charge in [-0.15, -0.1) is 5.73 Å². The summed E-state index contributed by atoms with van der Waals surface area (Å²) in [6.07, 6.45) is 5.62. The topological polar surface area (TPSA) is 0 Å². The molecule has 0 heterocycles. The van der Waals surface area contributed by atoms with Crippen LogP contribution in [0.5, 0.6) is 0 Å². The second-order valence-electron chi connectivity index (χ2n) is 3.46. The van der Waals surface area contributed by atoms with Crippen molar-refractivity contribution in [2.24, 2.45) is 5.41 Å². The van der Waals surface area contributed by atoms with Crippen molar-refractivity contribution in [1.29, 1.82) is 0 Å². The van der Waals surface area contributed by atoms with Crippen molar-refractivity contribution >= 4 is 0 Å². The Morgan fingerprint density at radius 3 is 2.50 bits per heavy atom. The highest BCUT2D eigenvalue weighted by Crippen LogP contribution is 2.25. The predicted molar refractivity (Wildman–Crippen MR) is 47.0 cm³/mol. The van der Waals surface area contributed by atoms with E-state index in [0.29, 0.717) is 5.41 Å². The van der Waals surface area contributed by atoms with Crippen molar-refractivity contribution in [2.45, 2.75) is 40.0 Å². The summed E-state index contributed by atoms with van der Waals surface area (Å²) in [7, 11) is 0. The molecule has 0 heteroatoms. The van der Waals surface area contributed by atoms with Crippen molar-refractivity contribution in [2.75, 3.05) is 0 Å². The van der Waals surface area contributed by atoms with Gasteiger partial charge in [0.25, 0.3) is 0 Å². The summed E-state index contributed by atoms with van der Waals surface area (Å²) in [6, 6.07) is 0. The van der Waals surface area contributed by atoms with Crippen LogP contribution in [0.25, 0.3) is 0 Å². The zero-order valence-corrected chi connectivity index (χ0v) is 7.41. The molecule has 0 radical (unpaired) electrons. The van der Waals surface area contributed by atoms with Gasteiger partial charge in [-0.25, -0.2) is 0 Å². The lowest BCUT2D eigenvalue weighted by molar-refractivity contribution is 0.325. The van der Waals surface area contributed by atoms with Gasteiger partial charge in [0.2, 0.25) is 0 Å². The van der Waals surface area contributed by atoms with Crippen molar-refractivity contribution in [1.82, 2.24) is 0 Å². The average Bonchev–Trinajstić information content (AvgIpc) is 1.89. The van der Waals surface area contributed by atoms with Crippen molar-refractivity contribution in [3.05, 3.63) is 18.4 Å². The number of hydrogen-bond acceptors (Lipinski definition) is 0. The van der Waals surface area contributed by atoms with Crippen LogP contribution in [-0.4, -0.2) is 0 Å². The van der Waals surface area contributed by atoms with Crippen LogP contribution >= 0.6 is 0 Å². The molecule has 0 rings (SSSR count). The molecule has 58 valence electrons. The molecule has 0 aliphatic heterocycles. The molecule has 0 saturated carbocycles. The van der Waals surface area contributed by atoms with E-state index in [1.807, 2.05) is 6.08 Å². The van der Waals surface area contributed by atoms with Crippen LogP contribution in [0.3, 0.4) is 0 Å². The molecular formula is C10H18. The number of hydrogen-bond donors (Lipinski definition) is 0. The van der Waals surface area contributed by atoms with Gasteiger partial charge >= 0.3 is 0 Å². The van der Waals surface area contributed by atoms with Crippen LogP contribution in [0.1, 0.15) is 40.0 Å². The summed E-state index contributed by atoms with van der Waals surface area (Å²) in [5.41, 5.74) is 3.28. The van der Waals surface area contributed by atoms with Crippen LogP contribution in [0.4, 0.5) is 0 Å². The Balaban J connectivity index is 3.56. The SMILES string of the molecule is C=C=CCCC(C)(C)CC. The summed E-state index contributed by atoms with van der Waals surface area (Å²) in [5, 5.41) is 0. The minimum absolute atomic E-state index is 0.493. The third-order valence-electron chi connectivity index (χ3n) is 2.07. The molecule has 10 heavy (non-hydrogen) atoms. The van der Waals surface area contributed by atoms with Crippen molar-refractivity contribution in [3.8, 4) is 0 Å². The fourth-order valence-electron chi connectivity index (χ4n) is 0.742. The van der Waals surface area contributed by atoms with E-state index >= 15 is 0 Å². The monoisotopic (exact) mass is 138 g/mol. The molecule has 0 unspecified atom stereocenters. The lowest BCUT2D eigenvalue weighted by Crippen LogP contribution is -2.07. The molecule has 0 aromatic heterocycles. The largest absolute Gasteiger partial charge is 0.133 e. The maximum atomic E-state index is 3.53. The molecule has 0 aliphatic carbocycles. The number of rotatable bonds is 4. The van der Waals surface area contributed by atoms with E-state index in [1.54, 1.807) is 0 Å². The van der Waals surface area contributed by atoms with Crippen LogP contribution in [0.2, 0.25) is 0 Å². The first-order valence-electron chi connectivity index (χ1n) is 3.96. The molecule has 0 bridgehead atoms. The Hall–Kier alpha value is -0.480. The highest BCUT2D eigenvalue weighted by Gasteiger charge is 2.12. The Kier molecular flexibility index (Phi) is 4.14. The van der Waals surface area contributed by atoms with E-state index in [9.17, 15) is 0 Å². The molecular weight excluding hydrogens is 120 g/mol. The Morgan fingerprint density at radius 1 is 1.50 bits per heavy atom. The Bertz CT molecular complexity index is 125. The summed E-state index contributed by atoms with van der Waals surface area (Å²) < 4.78 is 0. The van der Waals surface area contributed by atoms with E-state index in [4.69, 9.17) is 0 Å². The van der Waals surface area contributed by atoms with Gasteiger partial charge in [0.1, 0.15) is 0 Å². The van der Waals surface area contributed by atoms with Gasteiger partial charge in [0.15, 0.2) is 0 Å². The van der Waals surface area contributed by atoms with Crippen LogP contribution < -0.4 is 0 Å². The predicted octanol–water partition coefficient (Wildman–Crippen LogP) is 3.54. The van der Waals surface area contributed by atoms with Gasteiger partial charge in [-0.05, 0) is 24.3 Å². The lowest BCUT2D eigenvalue weighted by Gasteiger charge is -2.20. The molecule has 0 atom stereocenters. The third-order valence-corrected chi connectivity index (χ3v) is 2.07. The normalized spacial score (nSPS) is 10.7. The minimum Gasteiger partial charge on any atom is -0.133 e. The standard InChI is InChI=1S/C10H18/c1-5-7-8-9-10(3,4)6-2/h7H,1,6,8-9H2,2-4H3. The lowest BCUT2D eigenvalue weighted by atomic mass is 9.85. The first-order chi connectivity index (χ1) is 4.62. The highest BCUT2D eigenvalue weighted by molar-refractivity contribution is 4.79. The second kappa shape index (κ2) is 4.35. The van der Waals surface area contributed by atoms with E-state index in [-0.39, 0.29) is 0 Å². The smallest absolute Gasteiger partial charge is 0.0269 e. The van der Waals surface area contributed by atoms with Gasteiger partial charge in [-0.3, -0.25) is 0 Å². The third kappa shape index (κ3) is 4.40. The molecule has 0 nitrogen and oxygen atoms in total. The molecule has 0 N–H and O–H groups in total. The Morgan fingerprint density at radius 2 is 2.10 bits per heavy atom. The van der Waals surface area contributed by atoms with E-state index < -0.39 is 0 Å². The highest BCUT2D eigenvalue weighted by atomic mass is 14.2. The van der Waals surface area contributed by atoms with Crippen LogP contribution in [-0.2, 0) is 0 Å². The second-order valence-corrected chi connectivity index (χ2v) is 3.46. The average molecular weight is 138 g/mol. The fraction of sp³-hybridized carbons (Fsp3) is 0.700. The van der Waals surface area contributed by atoms with Crippen LogP contribution in [0, 0.1) is 5.41 Å². The quantitative estimate of drug-likeness (QED) is 0.521. The first-order valence-corrected chi connectivity index (χ1v) is 3.96. The zero-order chi connectivity index (χ0) is 8.04. The Labute approximate surface area is 64.6 Å². The van der Waals surface area contributed by atoms with Crippen LogP contribution in [0.15, 0.2) is 18.4 Å². The maximum Gasteiger partial charge on any atom is -0.0269 e. The molecule has 0 aliphatic rings. The molecule has 0 amide bonds. The van der Waals surface area contributed by atoms with E-state index in [2.05, 4.69) is 33.1 Å². The van der Waals surface area contributed by atoms with Gasteiger partial charge in [0.05, 0.1) is 0 Å². The molecule has 0 spiro atoms.